The highest BCUT2D eigenvalue weighted by Crippen LogP contribution is 2.28. The highest BCUT2D eigenvalue weighted by molar-refractivity contribution is 5.82. The number of piperidine rings is 1. The van der Waals surface area contributed by atoms with E-state index in [4.69, 9.17) is 4.74 Å². The summed E-state index contributed by atoms with van der Waals surface area (Å²) in [4.78, 5) is 12.5. The molecular weight excluding hydrogens is 328 g/mol. The zero-order valence-corrected chi connectivity index (χ0v) is 15.1. The van der Waals surface area contributed by atoms with Gasteiger partial charge in [-0.05, 0) is 55.8 Å². The summed E-state index contributed by atoms with van der Waals surface area (Å²) in [7, 11) is 0. The normalized spacial score (nSPS) is 17.3. The first kappa shape index (κ1) is 18.4. The molecule has 3 rings (SSSR count). The number of aliphatic hydroxyl groups excluding tert-OH is 1. The van der Waals surface area contributed by atoms with E-state index >= 15 is 0 Å². The number of benzene rings is 2. The minimum atomic E-state index is -0.774. The Bertz CT molecular complexity index is 727. The predicted octanol–water partition coefficient (Wildman–Crippen LogP) is 3.02. The molecule has 1 saturated heterocycles. The summed E-state index contributed by atoms with van der Waals surface area (Å²) in [5.74, 6) is 1.41. The Labute approximate surface area is 154 Å². The number of amides is 1. The third kappa shape index (κ3) is 4.62. The summed E-state index contributed by atoms with van der Waals surface area (Å²) in [5, 5.41) is 16.6. The molecule has 26 heavy (non-hydrogen) atoms. The van der Waals surface area contributed by atoms with Gasteiger partial charge in [0.1, 0.15) is 11.5 Å². The van der Waals surface area contributed by atoms with Gasteiger partial charge in [-0.1, -0.05) is 37.3 Å². The first-order chi connectivity index (χ1) is 12.6. The third-order valence-electron chi connectivity index (χ3n) is 4.93. The van der Waals surface area contributed by atoms with Gasteiger partial charge in [0.05, 0.1) is 6.10 Å². The van der Waals surface area contributed by atoms with Gasteiger partial charge >= 0.3 is 0 Å². The fourth-order valence-electron chi connectivity index (χ4n) is 3.14. The summed E-state index contributed by atoms with van der Waals surface area (Å²) in [6, 6.07) is 16.8. The fraction of sp³-hybridized carbons (Fsp3) is 0.381. The molecule has 5 heteroatoms. The molecular formula is C21H26N2O3. The monoisotopic (exact) mass is 354 g/mol. The lowest BCUT2D eigenvalue weighted by atomic mass is 9.80. The zero-order valence-electron chi connectivity index (χ0n) is 15.1. The Morgan fingerprint density at radius 2 is 1.85 bits per heavy atom. The molecule has 0 spiro atoms. The number of nitrogens with one attached hydrogen (secondary N) is 2. The first-order valence-electron chi connectivity index (χ1n) is 9.07. The van der Waals surface area contributed by atoms with Crippen molar-refractivity contribution < 1.29 is 14.6 Å². The second-order valence-electron chi connectivity index (χ2n) is 7.02. The summed E-state index contributed by atoms with van der Waals surface area (Å²) in [6.45, 7) is 3.89. The molecule has 1 atom stereocenters. The van der Waals surface area contributed by atoms with Crippen molar-refractivity contribution in [1.82, 2.24) is 10.6 Å². The molecule has 0 saturated carbocycles. The van der Waals surface area contributed by atoms with Gasteiger partial charge in [0, 0.05) is 12.0 Å². The van der Waals surface area contributed by atoms with Crippen LogP contribution in [-0.2, 0) is 4.79 Å². The van der Waals surface area contributed by atoms with Crippen LogP contribution in [0.15, 0.2) is 54.6 Å². The molecule has 2 aromatic rings. The SMILES string of the molecule is CC1(C(=O)NCC(O)c2cccc(Oc3ccccc3)c2)CCNCC1. The van der Waals surface area contributed by atoms with Gasteiger partial charge in [0.25, 0.3) is 0 Å². The number of hydrogen-bond acceptors (Lipinski definition) is 4. The maximum Gasteiger partial charge on any atom is 0.226 e. The van der Waals surface area contributed by atoms with Crippen LogP contribution in [0, 0.1) is 5.41 Å². The van der Waals surface area contributed by atoms with E-state index in [1.54, 1.807) is 6.07 Å². The van der Waals surface area contributed by atoms with Gasteiger partial charge in [-0.15, -0.1) is 0 Å². The summed E-state index contributed by atoms with van der Waals surface area (Å²) >= 11 is 0. The van der Waals surface area contributed by atoms with Gasteiger partial charge in [-0.25, -0.2) is 0 Å². The van der Waals surface area contributed by atoms with Gasteiger partial charge in [-0.3, -0.25) is 4.79 Å². The molecule has 1 fully saturated rings. The van der Waals surface area contributed by atoms with Crippen LogP contribution in [0.2, 0.25) is 0 Å². The van der Waals surface area contributed by atoms with Gasteiger partial charge in [0.15, 0.2) is 0 Å². The molecule has 1 heterocycles. The average Bonchev–Trinajstić information content (AvgIpc) is 2.67. The van der Waals surface area contributed by atoms with Crippen LogP contribution in [0.3, 0.4) is 0 Å². The van der Waals surface area contributed by atoms with Crippen molar-refractivity contribution in [1.29, 1.82) is 0 Å². The highest BCUT2D eigenvalue weighted by Gasteiger charge is 2.34. The fourth-order valence-corrected chi connectivity index (χ4v) is 3.14. The Morgan fingerprint density at radius 3 is 2.58 bits per heavy atom. The van der Waals surface area contributed by atoms with E-state index in [9.17, 15) is 9.90 Å². The molecule has 5 nitrogen and oxygen atoms in total. The number of aliphatic hydroxyl groups is 1. The minimum absolute atomic E-state index is 0.00902. The summed E-state index contributed by atoms with van der Waals surface area (Å²) in [6.07, 6.45) is 0.855. The smallest absolute Gasteiger partial charge is 0.226 e. The summed E-state index contributed by atoms with van der Waals surface area (Å²) < 4.78 is 5.80. The Balaban J connectivity index is 1.58. The molecule has 2 aromatic carbocycles. The molecule has 138 valence electrons. The van der Waals surface area contributed by atoms with Crippen LogP contribution in [0.25, 0.3) is 0 Å². The minimum Gasteiger partial charge on any atom is -0.457 e. The van der Waals surface area contributed by atoms with E-state index in [1.807, 2.05) is 55.5 Å². The van der Waals surface area contributed by atoms with Crippen LogP contribution >= 0.6 is 0 Å². The number of para-hydroxylation sites is 1. The molecule has 0 bridgehead atoms. The number of ether oxygens (including phenoxy) is 1. The van der Waals surface area contributed by atoms with Crippen molar-refractivity contribution in [2.45, 2.75) is 25.9 Å². The predicted molar refractivity (Wildman–Crippen MR) is 101 cm³/mol. The Morgan fingerprint density at radius 1 is 1.15 bits per heavy atom. The maximum absolute atomic E-state index is 12.5. The molecule has 1 amide bonds. The summed E-state index contributed by atoms with van der Waals surface area (Å²) in [5.41, 5.74) is 0.359. The maximum atomic E-state index is 12.5. The Hall–Kier alpha value is -2.37. The van der Waals surface area contributed by atoms with Crippen molar-refractivity contribution in [3.05, 3.63) is 60.2 Å². The Kier molecular flexibility index (Phi) is 5.91. The standard InChI is InChI=1S/C21H26N2O3/c1-21(10-12-22-13-11-21)20(25)23-15-19(24)16-6-5-9-18(14-16)26-17-7-3-2-4-8-17/h2-9,14,19,22,24H,10-13,15H2,1H3,(H,23,25). The van der Waals surface area contributed by atoms with Crippen molar-refractivity contribution in [3.63, 3.8) is 0 Å². The molecule has 1 unspecified atom stereocenters. The quantitative estimate of drug-likeness (QED) is 0.746. The highest BCUT2D eigenvalue weighted by atomic mass is 16.5. The van der Waals surface area contributed by atoms with E-state index in [-0.39, 0.29) is 17.9 Å². The van der Waals surface area contributed by atoms with E-state index in [1.165, 1.54) is 0 Å². The first-order valence-corrected chi connectivity index (χ1v) is 9.07. The van der Waals surface area contributed by atoms with Crippen LogP contribution in [0.4, 0.5) is 0 Å². The lowest BCUT2D eigenvalue weighted by molar-refractivity contribution is -0.132. The second kappa shape index (κ2) is 8.34. The van der Waals surface area contributed by atoms with Crippen molar-refractivity contribution >= 4 is 5.91 Å². The lowest BCUT2D eigenvalue weighted by Gasteiger charge is -2.32. The van der Waals surface area contributed by atoms with Crippen LogP contribution in [0.5, 0.6) is 11.5 Å². The second-order valence-corrected chi connectivity index (χ2v) is 7.02. The van der Waals surface area contributed by atoms with Gasteiger partial charge < -0.3 is 20.5 Å². The van der Waals surface area contributed by atoms with E-state index in [0.29, 0.717) is 11.3 Å². The van der Waals surface area contributed by atoms with Gasteiger partial charge in [-0.2, -0.15) is 0 Å². The van der Waals surface area contributed by atoms with Crippen LogP contribution < -0.4 is 15.4 Å². The van der Waals surface area contributed by atoms with Crippen LogP contribution in [-0.4, -0.2) is 30.6 Å². The number of rotatable bonds is 6. The van der Waals surface area contributed by atoms with Crippen molar-refractivity contribution in [2.24, 2.45) is 5.41 Å². The van der Waals surface area contributed by atoms with E-state index < -0.39 is 6.10 Å². The number of carbonyl (C=O) groups is 1. The molecule has 1 aliphatic rings. The topological polar surface area (TPSA) is 70.6 Å². The molecule has 1 aliphatic heterocycles. The van der Waals surface area contributed by atoms with Crippen molar-refractivity contribution in [2.75, 3.05) is 19.6 Å². The van der Waals surface area contributed by atoms with Crippen LogP contribution in [0.1, 0.15) is 31.4 Å². The van der Waals surface area contributed by atoms with E-state index in [2.05, 4.69) is 10.6 Å². The molecule has 0 aromatic heterocycles. The average molecular weight is 354 g/mol. The van der Waals surface area contributed by atoms with E-state index in [0.717, 1.165) is 31.7 Å². The number of carbonyl (C=O) groups excluding carboxylic acids is 1. The largest absolute Gasteiger partial charge is 0.457 e. The molecule has 0 radical (unpaired) electrons. The third-order valence-corrected chi connectivity index (χ3v) is 4.93. The van der Waals surface area contributed by atoms with Gasteiger partial charge in [0.2, 0.25) is 5.91 Å². The van der Waals surface area contributed by atoms with Crippen molar-refractivity contribution in [3.8, 4) is 11.5 Å². The lowest BCUT2D eigenvalue weighted by Crippen LogP contribution is -2.46. The zero-order chi connectivity index (χ0) is 18.4. The molecule has 3 N–H and O–H groups in total. The molecule has 0 aliphatic carbocycles. The number of hydrogen-bond donors (Lipinski definition) is 3.